The van der Waals surface area contributed by atoms with Crippen LogP contribution in [-0.4, -0.2) is 55.6 Å². The number of hydrogen-bond donors (Lipinski definition) is 1. The molecule has 6 nitrogen and oxygen atoms in total. The molecule has 0 radical (unpaired) electrons. The van der Waals surface area contributed by atoms with Crippen molar-refractivity contribution in [1.82, 2.24) is 20.5 Å². The predicted octanol–water partition coefficient (Wildman–Crippen LogP) is 0.0458. The van der Waals surface area contributed by atoms with E-state index in [-0.39, 0.29) is 0 Å². The number of hydrogen-bond acceptors (Lipinski definition) is 6. The van der Waals surface area contributed by atoms with Gasteiger partial charge in [0.05, 0.1) is 13.2 Å². The highest BCUT2D eigenvalue weighted by Gasteiger charge is 2.03. The standard InChI is InChI=1S/C10H20N4O2/c1-9-10(13-16-12-9)8-11-4-6-15-7-5-14(2)3/h11H,4-8H2,1-3H3. The molecule has 0 saturated carbocycles. The second-order valence-electron chi connectivity index (χ2n) is 3.89. The Kier molecular flexibility index (Phi) is 5.99. The van der Waals surface area contributed by atoms with Crippen molar-refractivity contribution < 1.29 is 9.37 Å². The molecule has 0 saturated heterocycles. The maximum Gasteiger partial charge on any atom is 0.121 e. The summed E-state index contributed by atoms with van der Waals surface area (Å²) in [5, 5.41) is 10.7. The Labute approximate surface area is 95.9 Å². The van der Waals surface area contributed by atoms with Crippen LogP contribution in [0.2, 0.25) is 0 Å². The first-order valence-corrected chi connectivity index (χ1v) is 5.41. The molecule has 16 heavy (non-hydrogen) atoms. The number of aryl methyl sites for hydroxylation is 1. The maximum atomic E-state index is 5.43. The Balaban J connectivity index is 1.94. The van der Waals surface area contributed by atoms with E-state index >= 15 is 0 Å². The van der Waals surface area contributed by atoms with Gasteiger partial charge in [0.25, 0.3) is 0 Å². The fourth-order valence-corrected chi connectivity index (χ4v) is 1.11. The first-order valence-electron chi connectivity index (χ1n) is 5.41. The largest absolute Gasteiger partial charge is 0.379 e. The van der Waals surface area contributed by atoms with Crippen LogP contribution < -0.4 is 5.32 Å². The van der Waals surface area contributed by atoms with Gasteiger partial charge in [-0.2, -0.15) is 0 Å². The highest BCUT2D eigenvalue weighted by atomic mass is 16.6. The van der Waals surface area contributed by atoms with Gasteiger partial charge >= 0.3 is 0 Å². The molecule has 1 heterocycles. The van der Waals surface area contributed by atoms with Gasteiger partial charge in [-0.05, 0) is 21.0 Å². The Morgan fingerprint density at radius 3 is 2.75 bits per heavy atom. The highest BCUT2D eigenvalue weighted by molar-refractivity contribution is 5.03. The molecule has 0 aliphatic rings. The normalized spacial score (nSPS) is 11.2. The van der Waals surface area contributed by atoms with Gasteiger partial charge in [-0.15, -0.1) is 0 Å². The fraction of sp³-hybridized carbons (Fsp3) is 0.800. The van der Waals surface area contributed by atoms with Crippen LogP contribution in [-0.2, 0) is 11.3 Å². The van der Waals surface area contributed by atoms with Crippen molar-refractivity contribution in [2.24, 2.45) is 0 Å². The fourth-order valence-electron chi connectivity index (χ4n) is 1.11. The van der Waals surface area contributed by atoms with Gasteiger partial charge in [-0.3, -0.25) is 0 Å². The molecule has 1 rings (SSSR count). The summed E-state index contributed by atoms with van der Waals surface area (Å²) in [4.78, 5) is 2.10. The van der Waals surface area contributed by atoms with Crippen molar-refractivity contribution in [3.63, 3.8) is 0 Å². The lowest BCUT2D eigenvalue weighted by Gasteiger charge is -2.09. The number of likely N-dealkylation sites (N-methyl/N-ethyl adjacent to an activating group) is 1. The molecule has 92 valence electrons. The van der Waals surface area contributed by atoms with E-state index in [4.69, 9.17) is 4.74 Å². The van der Waals surface area contributed by atoms with Gasteiger partial charge in [0, 0.05) is 19.6 Å². The van der Waals surface area contributed by atoms with Crippen molar-refractivity contribution in [1.29, 1.82) is 0 Å². The smallest absolute Gasteiger partial charge is 0.121 e. The second-order valence-corrected chi connectivity index (χ2v) is 3.89. The summed E-state index contributed by atoms with van der Waals surface area (Å²) in [5.74, 6) is 0. The average molecular weight is 228 g/mol. The average Bonchev–Trinajstić information content (AvgIpc) is 2.62. The van der Waals surface area contributed by atoms with Crippen LogP contribution in [0.3, 0.4) is 0 Å². The molecule has 0 aliphatic carbocycles. The molecule has 0 spiro atoms. The van der Waals surface area contributed by atoms with Crippen LogP contribution in [0.4, 0.5) is 0 Å². The van der Waals surface area contributed by atoms with E-state index in [0.717, 1.165) is 31.1 Å². The van der Waals surface area contributed by atoms with Crippen LogP contribution in [0.15, 0.2) is 4.63 Å². The minimum atomic E-state index is 0.673. The third-order valence-electron chi connectivity index (χ3n) is 2.14. The lowest BCUT2D eigenvalue weighted by Crippen LogP contribution is -2.23. The van der Waals surface area contributed by atoms with Crippen LogP contribution in [0.1, 0.15) is 11.4 Å². The zero-order chi connectivity index (χ0) is 11.8. The van der Waals surface area contributed by atoms with E-state index in [1.807, 2.05) is 21.0 Å². The van der Waals surface area contributed by atoms with Gasteiger partial charge in [-0.1, -0.05) is 10.3 Å². The molecule has 1 N–H and O–H groups in total. The third kappa shape index (κ3) is 5.20. The monoisotopic (exact) mass is 228 g/mol. The zero-order valence-electron chi connectivity index (χ0n) is 10.2. The molecule has 0 aliphatic heterocycles. The number of nitrogens with one attached hydrogen (secondary N) is 1. The summed E-state index contributed by atoms with van der Waals surface area (Å²) in [6.45, 7) is 5.77. The summed E-state index contributed by atoms with van der Waals surface area (Å²) in [5.41, 5.74) is 1.69. The van der Waals surface area contributed by atoms with E-state index in [1.54, 1.807) is 0 Å². The molecule has 0 fully saturated rings. The van der Waals surface area contributed by atoms with Gasteiger partial charge in [0.1, 0.15) is 11.4 Å². The summed E-state index contributed by atoms with van der Waals surface area (Å²) in [6, 6.07) is 0. The predicted molar refractivity (Wildman–Crippen MR) is 60.1 cm³/mol. The summed E-state index contributed by atoms with van der Waals surface area (Å²) >= 11 is 0. The number of aromatic nitrogens is 2. The Morgan fingerprint density at radius 1 is 1.31 bits per heavy atom. The molecule has 0 unspecified atom stereocenters. The van der Waals surface area contributed by atoms with Gasteiger partial charge < -0.3 is 15.0 Å². The molecule has 0 aromatic carbocycles. The molecule has 0 bridgehead atoms. The van der Waals surface area contributed by atoms with Crippen LogP contribution in [0.5, 0.6) is 0 Å². The van der Waals surface area contributed by atoms with Crippen LogP contribution in [0.25, 0.3) is 0 Å². The minimum Gasteiger partial charge on any atom is -0.379 e. The zero-order valence-corrected chi connectivity index (χ0v) is 10.2. The molecule has 0 atom stereocenters. The summed E-state index contributed by atoms with van der Waals surface area (Å²) in [6.07, 6.45) is 0. The van der Waals surface area contributed by atoms with E-state index in [1.165, 1.54) is 0 Å². The summed E-state index contributed by atoms with van der Waals surface area (Å²) in [7, 11) is 4.06. The quantitative estimate of drug-likeness (QED) is 0.634. The van der Waals surface area contributed by atoms with Gasteiger partial charge in [-0.25, -0.2) is 4.63 Å². The Bertz CT molecular complexity index is 288. The Morgan fingerprint density at radius 2 is 2.12 bits per heavy atom. The molecule has 1 aromatic heterocycles. The van der Waals surface area contributed by atoms with Crippen molar-refractivity contribution >= 4 is 0 Å². The van der Waals surface area contributed by atoms with E-state index in [2.05, 4.69) is 25.2 Å². The van der Waals surface area contributed by atoms with E-state index in [9.17, 15) is 0 Å². The second kappa shape index (κ2) is 7.32. The van der Waals surface area contributed by atoms with Crippen LogP contribution in [0, 0.1) is 6.92 Å². The maximum absolute atomic E-state index is 5.43. The number of nitrogens with zero attached hydrogens (tertiary/aromatic N) is 3. The van der Waals surface area contributed by atoms with Crippen molar-refractivity contribution in [3.05, 3.63) is 11.4 Å². The van der Waals surface area contributed by atoms with Gasteiger partial charge in [0.15, 0.2) is 0 Å². The lowest BCUT2D eigenvalue weighted by atomic mass is 10.3. The highest BCUT2D eigenvalue weighted by Crippen LogP contribution is 1.98. The molecule has 1 aromatic rings. The molecular weight excluding hydrogens is 208 g/mol. The number of ether oxygens (including phenoxy) is 1. The van der Waals surface area contributed by atoms with Crippen molar-refractivity contribution in [2.45, 2.75) is 13.5 Å². The first-order chi connectivity index (χ1) is 7.70. The summed E-state index contributed by atoms with van der Waals surface area (Å²) < 4.78 is 10.0. The third-order valence-corrected chi connectivity index (χ3v) is 2.14. The van der Waals surface area contributed by atoms with E-state index < -0.39 is 0 Å². The molecule has 0 amide bonds. The lowest BCUT2D eigenvalue weighted by molar-refractivity contribution is 0.119. The SMILES string of the molecule is Cc1nonc1CNCCOCCN(C)C. The molecular formula is C10H20N4O2. The number of rotatable bonds is 8. The molecule has 6 heteroatoms. The minimum absolute atomic E-state index is 0.673. The van der Waals surface area contributed by atoms with Gasteiger partial charge in [0.2, 0.25) is 0 Å². The Hall–Kier alpha value is -0.980. The van der Waals surface area contributed by atoms with Crippen molar-refractivity contribution in [3.8, 4) is 0 Å². The first kappa shape index (κ1) is 13.1. The topological polar surface area (TPSA) is 63.4 Å². The van der Waals surface area contributed by atoms with Crippen molar-refractivity contribution in [2.75, 3.05) is 40.4 Å². The van der Waals surface area contributed by atoms with E-state index in [0.29, 0.717) is 13.2 Å². The van der Waals surface area contributed by atoms with Crippen LogP contribution >= 0.6 is 0 Å².